The molecule has 0 spiro atoms. The lowest BCUT2D eigenvalue weighted by atomic mass is 9.12. The van der Waals surface area contributed by atoms with E-state index in [4.69, 9.17) is 0 Å². The molecule has 8 rings (SSSR count). The zero-order valence-electron chi connectivity index (χ0n) is 40.5. The van der Waals surface area contributed by atoms with Crippen LogP contribution in [0.3, 0.4) is 0 Å². The number of benzene rings is 7. The van der Waals surface area contributed by atoms with Crippen LogP contribution in [0, 0.1) is 0 Å². The van der Waals surface area contributed by atoms with Crippen LogP contribution in [0.5, 0.6) is 0 Å². The highest BCUT2D eigenvalue weighted by Gasteiger charge is 2.47. The zero-order chi connectivity index (χ0) is 61.0. The van der Waals surface area contributed by atoms with Crippen molar-refractivity contribution in [3.05, 3.63) is 230 Å². The molecule has 0 amide bonds. The van der Waals surface area contributed by atoms with Crippen LogP contribution in [0.15, 0.2) is 168 Å². The first-order chi connectivity index (χ1) is 37.6. The molecule has 1 heterocycles. The summed E-state index contributed by atoms with van der Waals surface area (Å²) in [5.74, 6) is 0. The van der Waals surface area contributed by atoms with Gasteiger partial charge in [-0.1, -0.05) is 125 Å². The van der Waals surface area contributed by atoms with Crippen molar-refractivity contribution in [2.75, 3.05) is 0 Å². The normalized spacial score (nSPS) is 13.3. The van der Waals surface area contributed by atoms with Gasteiger partial charge in [0.25, 0.3) is 0 Å². The van der Waals surface area contributed by atoms with E-state index < -0.39 is 195 Å². The number of hydrogen-bond acceptors (Lipinski definition) is 0. The van der Waals surface area contributed by atoms with E-state index in [1.54, 1.807) is 0 Å². The number of halogens is 25. The van der Waals surface area contributed by atoms with E-state index in [0.717, 1.165) is 17.4 Å². The van der Waals surface area contributed by atoms with Gasteiger partial charge in [0.15, 0.2) is 18.4 Å². The summed E-state index contributed by atoms with van der Waals surface area (Å²) in [6.45, 7) is 0.886. The van der Waals surface area contributed by atoms with E-state index >= 15 is 0 Å². The third-order valence-electron chi connectivity index (χ3n) is 13.0. The number of rotatable bonds is 8. The van der Waals surface area contributed by atoms with Crippen molar-refractivity contribution in [3.63, 3.8) is 0 Å². The quantitative estimate of drug-likeness (QED) is 0.0811. The number of alkyl halides is 24. The third-order valence-corrected chi connectivity index (χ3v) is 13.5. The van der Waals surface area contributed by atoms with Crippen LogP contribution >= 0.6 is 15.9 Å². The van der Waals surface area contributed by atoms with Crippen LogP contribution in [-0.4, -0.2) is 6.15 Å². The van der Waals surface area contributed by atoms with Gasteiger partial charge in [-0.05, 0) is 53.4 Å². The first-order valence-corrected chi connectivity index (χ1v) is 23.9. The minimum atomic E-state index is -6.13. The molecule has 0 unspecified atom stereocenters. The molecule has 0 aliphatic heterocycles. The lowest BCUT2D eigenvalue weighted by Gasteiger charge is -2.46. The van der Waals surface area contributed by atoms with Crippen LogP contribution in [0.1, 0.15) is 61.3 Å². The highest BCUT2D eigenvalue weighted by Crippen LogP contribution is 2.42. The fourth-order valence-electron chi connectivity index (χ4n) is 9.31. The molecule has 82 heavy (non-hydrogen) atoms. The van der Waals surface area contributed by atoms with Crippen molar-refractivity contribution in [3.8, 4) is 0 Å². The fourth-order valence-corrected chi connectivity index (χ4v) is 9.58. The summed E-state index contributed by atoms with van der Waals surface area (Å²) in [7, 11) is 0. The number of aromatic nitrogens is 1. The van der Waals surface area contributed by atoms with Gasteiger partial charge in [0.05, 0.1) is 50.9 Å². The number of fused-ring (bicyclic) bond motifs is 1. The summed E-state index contributed by atoms with van der Waals surface area (Å²) < 4.78 is 344. The highest BCUT2D eigenvalue weighted by atomic mass is 79.9. The van der Waals surface area contributed by atoms with E-state index in [0.29, 0.717) is 0 Å². The summed E-state index contributed by atoms with van der Waals surface area (Å²) in [5.41, 5.74) is -26.2. The minimum absolute atomic E-state index is 0.691. The standard InChI is InChI=1S/C32H12BF24.C23H19BrN/c34-25(35,36)13-1-14(26(37,38)39)6-21(5-13)33(22-7-15(27(40,41)42)2-16(8-22)28(43,44)45,23-9-17(29(46,47)48)3-18(10-23)30(49,50)51)24-11-19(31(52,53)54)4-20(12-24)32(55,56)57;24-21-12-10-18(11-13-21)16-23-22-9-5-4-8-20(22)14-15-25(23)17-19-6-2-1-3-7-19/h1-12H;1-15H,16-17H2/q-1;+1. The molecule has 434 valence electrons. The Morgan fingerprint density at radius 3 is 0.915 bits per heavy atom. The molecule has 8 aromatic rings. The molecule has 0 saturated heterocycles. The second-order valence-corrected chi connectivity index (χ2v) is 19.4. The monoisotopic (exact) mass is 1250 g/mol. The van der Waals surface area contributed by atoms with E-state index in [1.807, 2.05) is 0 Å². The number of hydrogen-bond donors (Lipinski definition) is 0. The van der Waals surface area contributed by atoms with Crippen LogP contribution in [0.25, 0.3) is 10.8 Å². The lowest BCUT2D eigenvalue weighted by molar-refractivity contribution is -0.693. The van der Waals surface area contributed by atoms with Crippen LogP contribution in [0.4, 0.5) is 105 Å². The Kier molecular flexibility index (Phi) is 16.9. The predicted octanol–water partition coefficient (Wildman–Crippen LogP) is 16.7. The van der Waals surface area contributed by atoms with Gasteiger partial charge in [0, 0.05) is 21.5 Å². The van der Waals surface area contributed by atoms with Crippen molar-refractivity contribution in [2.45, 2.75) is 62.4 Å². The van der Waals surface area contributed by atoms with Crippen molar-refractivity contribution in [1.82, 2.24) is 0 Å². The zero-order valence-corrected chi connectivity index (χ0v) is 42.1. The van der Waals surface area contributed by atoms with E-state index in [9.17, 15) is 105 Å². The molecular formula is C55H31BBrF24N. The fraction of sp³-hybridized carbons (Fsp3) is 0.182. The summed E-state index contributed by atoms with van der Waals surface area (Å²) in [4.78, 5) is 0. The molecule has 27 heteroatoms. The maximum atomic E-state index is 14.2. The molecule has 0 bridgehead atoms. The molecule has 1 aromatic heterocycles. The summed E-state index contributed by atoms with van der Waals surface area (Å²) in [5, 5.41) is 2.61. The average Bonchev–Trinajstić information content (AvgIpc) is 3.53. The molecule has 0 N–H and O–H groups in total. The number of nitrogens with zero attached hydrogens (tertiary/aromatic N) is 1. The molecule has 0 atom stereocenters. The van der Waals surface area contributed by atoms with Crippen LogP contribution in [0.2, 0.25) is 0 Å². The molecule has 1 nitrogen and oxygen atoms in total. The van der Waals surface area contributed by atoms with Crippen LogP contribution < -0.4 is 26.4 Å². The average molecular weight is 1250 g/mol. The second kappa shape index (κ2) is 22.2. The molecule has 0 fully saturated rings. The van der Waals surface area contributed by atoms with E-state index in [-0.39, 0.29) is 0 Å². The Labute approximate surface area is 455 Å². The molecule has 0 saturated carbocycles. The first-order valence-electron chi connectivity index (χ1n) is 23.1. The summed E-state index contributed by atoms with van der Waals surface area (Å²) >= 11 is 3.52. The maximum Gasteiger partial charge on any atom is 0.416 e. The lowest BCUT2D eigenvalue weighted by Crippen LogP contribution is -2.75. The molecule has 0 radical (unpaired) electrons. The molecule has 0 aliphatic carbocycles. The molecule has 7 aromatic carbocycles. The molecule has 0 aliphatic rings. The first kappa shape index (κ1) is 62.4. The Balaban J connectivity index is 0.000000318. The number of pyridine rings is 1. The van der Waals surface area contributed by atoms with Gasteiger partial charge in [-0.15, -0.1) is 0 Å². The SMILES string of the molecule is Brc1ccc(Cc2c3ccccc3cc[n+]2Cc2ccccc2)cc1.FC(F)(F)c1cc([B-](c2cc(C(F)(F)F)cc(C(F)(F)F)c2)(c2cc(C(F)(F)F)cc(C(F)(F)F)c2)c2cc(C(F)(F)F)cc(C(F)(F)F)c2)cc(C(F)(F)F)c1. The van der Waals surface area contributed by atoms with Gasteiger partial charge in [-0.25, -0.2) is 0 Å². The Morgan fingerprint density at radius 2 is 0.610 bits per heavy atom. The van der Waals surface area contributed by atoms with Gasteiger partial charge in [-0.3, -0.25) is 0 Å². The smallest absolute Gasteiger partial charge is 0.197 e. The van der Waals surface area contributed by atoms with Gasteiger partial charge in [-0.2, -0.15) is 132 Å². The largest absolute Gasteiger partial charge is 0.416 e. The van der Waals surface area contributed by atoms with Crippen molar-refractivity contribution in [1.29, 1.82) is 0 Å². The van der Waals surface area contributed by atoms with Crippen molar-refractivity contribution >= 4 is 54.7 Å². The van der Waals surface area contributed by atoms with Crippen LogP contribution in [-0.2, 0) is 62.4 Å². The predicted molar refractivity (Wildman–Crippen MR) is 257 cm³/mol. The highest BCUT2D eigenvalue weighted by molar-refractivity contribution is 9.10. The van der Waals surface area contributed by atoms with Gasteiger partial charge in [0.1, 0.15) is 6.15 Å². The van der Waals surface area contributed by atoms with Crippen molar-refractivity contribution < 1.29 is 110 Å². The Hall–Kier alpha value is -7.19. The Bertz CT molecular complexity index is 3150. The van der Waals surface area contributed by atoms with E-state index in [1.165, 1.54) is 27.6 Å². The van der Waals surface area contributed by atoms with Gasteiger partial charge >= 0.3 is 49.4 Å². The maximum absolute atomic E-state index is 14.2. The van der Waals surface area contributed by atoms with Gasteiger partial charge < -0.3 is 0 Å². The summed E-state index contributed by atoms with van der Waals surface area (Å²) in [6.07, 6.45) is -51.7. The Morgan fingerprint density at radius 1 is 0.317 bits per heavy atom. The van der Waals surface area contributed by atoms with Crippen molar-refractivity contribution in [2.24, 2.45) is 0 Å². The third kappa shape index (κ3) is 14.2. The topological polar surface area (TPSA) is 3.88 Å². The molecular weight excluding hydrogens is 1220 g/mol. The van der Waals surface area contributed by atoms with E-state index in [2.05, 4.69) is 112 Å². The summed E-state index contributed by atoms with van der Waals surface area (Å²) in [6, 6.07) is 21.3. The van der Waals surface area contributed by atoms with Gasteiger partial charge in [0.2, 0.25) is 0 Å². The minimum Gasteiger partial charge on any atom is -0.197 e. The second-order valence-electron chi connectivity index (χ2n) is 18.5.